The molecule has 1 saturated heterocycles. The summed E-state index contributed by atoms with van der Waals surface area (Å²) in [5, 5.41) is 16.1. The van der Waals surface area contributed by atoms with Crippen molar-refractivity contribution in [3.05, 3.63) is 46.2 Å². The third-order valence-corrected chi connectivity index (χ3v) is 10.8. The maximum absolute atomic E-state index is 13.3. The number of anilines is 2. The average molecular weight is 613 g/mol. The number of thioether (sulfide) groups is 1. The Balaban J connectivity index is 1.54. The summed E-state index contributed by atoms with van der Waals surface area (Å²) in [6, 6.07) is 9.43. The van der Waals surface area contributed by atoms with E-state index < -0.39 is 16.3 Å². The first kappa shape index (κ1) is 28.4. The molecule has 2 aromatic rings. The Morgan fingerprint density at radius 1 is 1.35 bits per heavy atom. The lowest BCUT2D eigenvalue weighted by molar-refractivity contribution is 0.0956. The molecule has 0 aliphatic carbocycles. The molecule has 2 aromatic carbocycles. The van der Waals surface area contributed by atoms with Gasteiger partial charge in [0.1, 0.15) is 10.5 Å². The lowest BCUT2D eigenvalue weighted by Gasteiger charge is -2.35. The van der Waals surface area contributed by atoms with Gasteiger partial charge in [0.05, 0.1) is 10.3 Å². The lowest BCUT2D eigenvalue weighted by Crippen LogP contribution is -2.45. The van der Waals surface area contributed by atoms with Gasteiger partial charge in [0.25, 0.3) is 5.91 Å². The number of hydrogen-bond acceptors (Lipinski definition) is 7. The second-order valence-corrected chi connectivity index (χ2v) is 13.7. The molecule has 2 N–H and O–H groups in total. The number of halogens is 1. The Bertz CT molecular complexity index is 1270. The normalized spacial score (nSPS) is 19.6. The predicted molar refractivity (Wildman–Crippen MR) is 155 cm³/mol. The first-order valence-electron chi connectivity index (χ1n) is 12.5. The van der Waals surface area contributed by atoms with Gasteiger partial charge in [-0.25, -0.2) is 8.42 Å². The van der Waals surface area contributed by atoms with E-state index >= 15 is 0 Å². The van der Waals surface area contributed by atoms with Crippen molar-refractivity contribution in [2.75, 3.05) is 48.2 Å². The van der Waals surface area contributed by atoms with Crippen LogP contribution in [0, 0.1) is 5.92 Å². The fourth-order valence-corrected chi connectivity index (χ4v) is 9.14. The van der Waals surface area contributed by atoms with Gasteiger partial charge in [0.15, 0.2) is 0 Å². The third-order valence-electron chi connectivity index (χ3n) is 6.85. The van der Waals surface area contributed by atoms with E-state index in [1.807, 2.05) is 37.3 Å². The number of rotatable bonds is 12. The zero-order valence-corrected chi connectivity index (χ0v) is 24.4. The van der Waals surface area contributed by atoms with Gasteiger partial charge in [-0.2, -0.15) is 4.31 Å². The van der Waals surface area contributed by atoms with Gasteiger partial charge in [-0.3, -0.25) is 4.79 Å². The van der Waals surface area contributed by atoms with E-state index in [-0.39, 0.29) is 18.4 Å². The zero-order chi connectivity index (χ0) is 26.6. The molecule has 2 aliphatic rings. The number of allylic oxidation sites excluding steroid dienone is 1. The van der Waals surface area contributed by atoms with Crippen LogP contribution in [0.2, 0.25) is 0 Å². The van der Waals surface area contributed by atoms with E-state index in [0.717, 1.165) is 28.6 Å². The molecule has 0 aromatic heterocycles. The molecule has 11 heteroatoms. The minimum atomic E-state index is -3.61. The zero-order valence-electron chi connectivity index (χ0n) is 21.2. The van der Waals surface area contributed by atoms with Crippen LogP contribution in [0.15, 0.2) is 40.6 Å². The molecule has 0 bridgehead atoms. The lowest BCUT2D eigenvalue weighted by atomic mass is 9.97. The van der Waals surface area contributed by atoms with Crippen LogP contribution in [0.3, 0.4) is 0 Å². The summed E-state index contributed by atoms with van der Waals surface area (Å²) >= 11 is 4.59. The molecule has 202 valence electrons. The number of nitrogens with zero attached hydrogens (tertiary/aromatic N) is 2. The standard InChI is InChI=1S/C26H34BrN3O5S2/c1-3-7-23(36-17-27)37(33,34)29-13-5-8-18(16-29)25(31)28-21-11-12-22-24-19(21)9-4-10-20(24)26(32)30(22)14-6-15-35-2/h4,7,9-12,18,25,28,31H,3,5-6,8,13-17H2,1-2H3/b23-7+. The highest BCUT2D eigenvalue weighted by Crippen LogP contribution is 2.41. The fourth-order valence-electron chi connectivity index (χ4n) is 5.07. The molecule has 8 nitrogen and oxygen atoms in total. The van der Waals surface area contributed by atoms with Crippen LogP contribution >= 0.6 is 27.7 Å². The molecule has 0 radical (unpaired) electrons. The molecule has 0 spiro atoms. The molecular formula is C26H34BrN3O5S2. The summed E-state index contributed by atoms with van der Waals surface area (Å²) < 4.78 is 34.0. The Hall–Kier alpha value is -1.63. The molecule has 4 rings (SSSR count). The Morgan fingerprint density at radius 2 is 2.16 bits per heavy atom. The van der Waals surface area contributed by atoms with Gasteiger partial charge in [-0.15, -0.1) is 11.8 Å². The predicted octanol–water partition coefficient (Wildman–Crippen LogP) is 4.95. The number of sulfonamides is 1. The highest BCUT2D eigenvalue weighted by Gasteiger charge is 2.35. The van der Waals surface area contributed by atoms with E-state index in [0.29, 0.717) is 53.4 Å². The summed E-state index contributed by atoms with van der Waals surface area (Å²) in [5.41, 5.74) is 2.24. The van der Waals surface area contributed by atoms with Crippen molar-refractivity contribution in [3.63, 3.8) is 0 Å². The molecule has 37 heavy (non-hydrogen) atoms. The van der Waals surface area contributed by atoms with Gasteiger partial charge < -0.3 is 20.1 Å². The maximum atomic E-state index is 13.3. The van der Waals surface area contributed by atoms with Gasteiger partial charge in [0, 0.05) is 61.3 Å². The van der Waals surface area contributed by atoms with Crippen LogP contribution in [-0.4, -0.2) is 68.0 Å². The largest absolute Gasteiger partial charge is 0.385 e. The van der Waals surface area contributed by atoms with Crippen molar-refractivity contribution in [1.29, 1.82) is 0 Å². The summed E-state index contributed by atoms with van der Waals surface area (Å²) in [5.74, 6) is -0.296. The number of alkyl halides is 1. The Labute approximate surface area is 231 Å². The topological polar surface area (TPSA) is 99.2 Å². The van der Waals surface area contributed by atoms with E-state index in [2.05, 4.69) is 21.2 Å². The number of aliphatic hydroxyl groups excluding tert-OH is 1. The maximum Gasteiger partial charge on any atom is 0.258 e. The molecule has 2 unspecified atom stereocenters. The molecule has 2 heterocycles. The van der Waals surface area contributed by atoms with Gasteiger partial charge in [0.2, 0.25) is 10.0 Å². The van der Waals surface area contributed by atoms with E-state index in [1.165, 1.54) is 16.1 Å². The van der Waals surface area contributed by atoms with Crippen LogP contribution < -0.4 is 10.2 Å². The van der Waals surface area contributed by atoms with Crippen molar-refractivity contribution in [2.45, 2.75) is 38.8 Å². The second kappa shape index (κ2) is 12.5. The molecular weight excluding hydrogens is 578 g/mol. The van der Waals surface area contributed by atoms with E-state index in [9.17, 15) is 18.3 Å². The first-order chi connectivity index (χ1) is 17.8. The van der Waals surface area contributed by atoms with Crippen molar-refractivity contribution in [2.24, 2.45) is 5.92 Å². The minimum absolute atomic E-state index is 0.0279. The van der Waals surface area contributed by atoms with Crippen LogP contribution in [0.4, 0.5) is 11.4 Å². The van der Waals surface area contributed by atoms with E-state index in [1.54, 1.807) is 18.1 Å². The number of ether oxygens (including phenoxy) is 1. The first-order valence-corrected chi connectivity index (χ1v) is 16.1. The number of amides is 1. The van der Waals surface area contributed by atoms with Gasteiger partial charge >= 0.3 is 0 Å². The monoisotopic (exact) mass is 611 g/mol. The number of piperidine rings is 1. The van der Waals surface area contributed by atoms with Crippen molar-refractivity contribution < 1.29 is 23.1 Å². The number of benzene rings is 2. The minimum Gasteiger partial charge on any atom is -0.385 e. The fraction of sp³-hybridized carbons (Fsp3) is 0.500. The number of nitrogens with one attached hydrogen (secondary N) is 1. The van der Waals surface area contributed by atoms with Crippen molar-refractivity contribution >= 4 is 65.8 Å². The number of aliphatic hydroxyl groups is 1. The van der Waals surface area contributed by atoms with Crippen molar-refractivity contribution in [1.82, 2.24) is 4.31 Å². The summed E-state index contributed by atoms with van der Waals surface area (Å²) in [6.45, 7) is 3.75. The van der Waals surface area contributed by atoms with E-state index in [4.69, 9.17) is 4.74 Å². The Kier molecular flexibility index (Phi) is 9.58. The van der Waals surface area contributed by atoms with Gasteiger partial charge in [-0.05, 0) is 43.9 Å². The number of methoxy groups -OCH3 is 1. The number of hydrogen-bond donors (Lipinski definition) is 2. The smallest absolute Gasteiger partial charge is 0.258 e. The highest BCUT2D eigenvalue weighted by molar-refractivity contribution is 9.11. The average Bonchev–Trinajstić information content (AvgIpc) is 3.17. The third kappa shape index (κ3) is 5.86. The van der Waals surface area contributed by atoms with Gasteiger partial charge in [-0.1, -0.05) is 41.1 Å². The number of carbonyl (C=O) groups is 1. The molecule has 0 saturated carbocycles. The van der Waals surface area contributed by atoms with Crippen LogP contribution in [0.25, 0.3) is 10.8 Å². The second-order valence-electron chi connectivity index (χ2n) is 9.20. The molecule has 2 atom stereocenters. The Morgan fingerprint density at radius 3 is 2.89 bits per heavy atom. The summed E-state index contributed by atoms with van der Waals surface area (Å²) in [6.07, 6.45) is 3.56. The van der Waals surface area contributed by atoms with Crippen LogP contribution in [0.1, 0.15) is 43.0 Å². The summed E-state index contributed by atoms with van der Waals surface area (Å²) in [4.78, 5) is 14.9. The molecule has 1 amide bonds. The number of carbonyl (C=O) groups excluding carboxylic acids is 1. The molecule has 1 fully saturated rings. The summed E-state index contributed by atoms with van der Waals surface area (Å²) in [7, 11) is -1.96. The SMILES string of the molecule is CC/C=C(\SCBr)S(=O)(=O)N1CCCC(C(O)Nc2ccc3c4c(cccc24)C(=O)N3CCCOC)C1. The van der Waals surface area contributed by atoms with Crippen LogP contribution in [-0.2, 0) is 14.8 Å². The van der Waals surface area contributed by atoms with Crippen molar-refractivity contribution in [3.8, 4) is 0 Å². The molecule has 2 aliphatic heterocycles. The highest BCUT2D eigenvalue weighted by atomic mass is 79.9. The quantitative estimate of drug-likeness (QED) is 0.199. The van der Waals surface area contributed by atoms with Crippen LogP contribution in [0.5, 0.6) is 0 Å².